The van der Waals surface area contributed by atoms with Crippen LogP contribution in [0.3, 0.4) is 0 Å². The zero-order valence-electron chi connectivity index (χ0n) is 8.94. The van der Waals surface area contributed by atoms with Gasteiger partial charge in [-0.05, 0) is 13.0 Å². The SMILES string of the molecule is COCc1nc(C)nc2[nH]c(C(=O)O)cc12. The van der Waals surface area contributed by atoms with Gasteiger partial charge < -0.3 is 14.8 Å². The van der Waals surface area contributed by atoms with Gasteiger partial charge in [0.2, 0.25) is 0 Å². The van der Waals surface area contributed by atoms with Crippen LogP contribution >= 0.6 is 0 Å². The molecule has 0 amide bonds. The van der Waals surface area contributed by atoms with Crippen LogP contribution in [0, 0.1) is 6.92 Å². The van der Waals surface area contributed by atoms with Gasteiger partial charge in [-0.1, -0.05) is 0 Å². The second-order valence-corrected chi connectivity index (χ2v) is 3.40. The van der Waals surface area contributed by atoms with Gasteiger partial charge in [0.1, 0.15) is 17.2 Å². The van der Waals surface area contributed by atoms with Crippen LogP contribution in [0.15, 0.2) is 6.07 Å². The van der Waals surface area contributed by atoms with Crippen molar-refractivity contribution < 1.29 is 14.6 Å². The van der Waals surface area contributed by atoms with Crippen molar-refractivity contribution in [1.29, 1.82) is 0 Å². The van der Waals surface area contributed by atoms with Crippen molar-refractivity contribution in [3.63, 3.8) is 0 Å². The third-order valence-electron chi connectivity index (χ3n) is 2.19. The van der Waals surface area contributed by atoms with Crippen LogP contribution in [0.4, 0.5) is 0 Å². The molecule has 2 aromatic heterocycles. The highest BCUT2D eigenvalue weighted by Gasteiger charge is 2.12. The first-order chi connectivity index (χ1) is 7.61. The number of hydrogen-bond acceptors (Lipinski definition) is 4. The van der Waals surface area contributed by atoms with Gasteiger partial charge in [-0.15, -0.1) is 0 Å². The number of methoxy groups -OCH3 is 1. The summed E-state index contributed by atoms with van der Waals surface area (Å²) < 4.78 is 5.01. The number of H-pyrrole nitrogens is 1. The smallest absolute Gasteiger partial charge is 0.352 e. The van der Waals surface area contributed by atoms with Gasteiger partial charge in [-0.3, -0.25) is 0 Å². The fourth-order valence-corrected chi connectivity index (χ4v) is 1.56. The Balaban J connectivity index is 2.65. The number of aromatic nitrogens is 3. The Morgan fingerprint density at radius 3 is 2.94 bits per heavy atom. The lowest BCUT2D eigenvalue weighted by atomic mass is 10.2. The molecule has 0 spiro atoms. The number of fused-ring (bicyclic) bond motifs is 1. The molecule has 2 aromatic rings. The van der Waals surface area contributed by atoms with Gasteiger partial charge in [0.15, 0.2) is 0 Å². The quantitative estimate of drug-likeness (QED) is 0.810. The Kier molecular flexibility index (Phi) is 2.57. The fourth-order valence-electron chi connectivity index (χ4n) is 1.56. The van der Waals surface area contributed by atoms with Crippen LogP contribution in [-0.4, -0.2) is 33.1 Å². The Morgan fingerprint density at radius 2 is 2.31 bits per heavy atom. The molecule has 0 aliphatic rings. The van der Waals surface area contributed by atoms with Crippen molar-refractivity contribution >= 4 is 17.0 Å². The third kappa shape index (κ3) is 1.74. The Bertz CT molecular complexity index is 547. The van der Waals surface area contributed by atoms with Crippen LogP contribution in [0.1, 0.15) is 22.0 Å². The van der Waals surface area contributed by atoms with Gasteiger partial charge >= 0.3 is 5.97 Å². The number of aryl methyl sites for hydroxylation is 1. The topological polar surface area (TPSA) is 88.1 Å². The summed E-state index contributed by atoms with van der Waals surface area (Å²) >= 11 is 0. The van der Waals surface area contributed by atoms with E-state index >= 15 is 0 Å². The maximum absolute atomic E-state index is 10.8. The average Bonchev–Trinajstić information content (AvgIpc) is 2.61. The lowest BCUT2D eigenvalue weighted by Crippen LogP contribution is -1.97. The first-order valence-corrected chi connectivity index (χ1v) is 4.70. The van der Waals surface area contributed by atoms with Crippen LogP contribution in [0.25, 0.3) is 11.0 Å². The molecule has 0 fully saturated rings. The number of aromatic amines is 1. The minimum absolute atomic E-state index is 0.104. The first-order valence-electron chi connectivity index (χ1n) is 4.70. The summed E-state index contributed by atoms with van der Waals surface area (Å²) in [5.74, 6) is -0.433. The molecule has 0 bridgehead atoms. The van der Waals surface area contributed by atoms with Gasteiger partial charge in [0, 0.05) is 12.5 Å². The van der Waals surface area contributed by atoms with E-state index in [1.54, 1.807) is 14.0 Å². The molecule has 2 heterocycles. The van der Waals surface area contributed by atoms with Crippen LogP contribution in [-0.2, 0) is 11.3 Å². The number of aromatic carboxylic acids is 1. The third-order valence-corrected chi connectivity index (χ3v) is 2.19. The van der Waals surface area contributed by atoms with E-state index in [0.29, 0.717) is 29.2 Å². The van der Waals surface area contributed by atoms with E-state index in [9.17, 15) is 4.79 Å². The van der Waals surface area contributed by atoms with Crippen molar-refractivity contribution in [3.05, 3.63) is 23.3 Å². The number of hydrogen-bond donors (Lipinski definition) is 2. The summed E-state index contributed by atoms with van der Waals surface area (Å²) in [4.78, 5) is 21.9. The largest absolute Gasteiger partial charge is 0.477 e. The van der Waals surface area contributed by atoms with Crippen LogP contribution in [0.5, 0.6) is 0 Å². The zero-order valence-corrected chi connectivity index (χ0v) is 8.94. The van der Waals surface area contributed by atoms with Crippen LogP contribution < -0.4 is 0 Å². The van der Waals surface area contributed by atoms with E-state index in [4.69, 9.17) is 9.84 Å². The molecule has 0 radical (unpaired) electrons. The minimum atomic E-state index is -1.01. The summed E-state index contributed by atoms with van der Waals surface area (Å²) in [6.45, 7) is 2.08. The molecule has 16 heavy (non-hydrogen) atoms. The monoisotopic (exact) mass is 221 g/mol. The minimum Gasteiger partial charge on any atom is -0.477 e. The van der Waals surface area contributed by atoms with E-state index in [-0.39, 0.29) is 5.69 Å². The molecular weight excluding hydrogens is 210 g/mol. The second kappa shape index (κ2) is 3.90. The molecule has 0 saturated carbocycles. The van der Waals surface area contributed by atoms with E-state index in [0.717, 1.165) is 0 Å². The van der Waals surface area contributed by atoms with Gasteiger partial charge in [0.05, 0.1) is 12.3 Å². The number of carboxylic acids is 1. The van der Waals surface area contributed by atoms with Crippen LogP contribution in [0.2, 0.25) is 0 Å². The zero-order chi connectivity index (χ0) is 11.7. The molecule has 0 unspecified atom stereocenters. The summed E-state index contributed by atoms with van der Waals surface area (Å²) in [6.07, 6.45) is 0. The Labute approximate surface area is 91.3 Å². The second-order valence-electron chi connectivity index (χ2n) is 3.40. The van der Waals surface area contributed by atoms with Gasteiger partial charge in [-0.2, -0.15) is 0 Å². The molecule has 2 rings (SSSR count). The summed E-state index contributed by atoms with van der Waals surface area (Å²) in [5, 5.41) is 9.55. The number of rotatable bonds is 3. The highest BCUT2D eigenvalue weighted by molar-refractivity contribution is 5.93. The molecule has 0 atom stereocenters. The first kappa shape index (κ1) is 10.6. The summed E-state index contributed by atoms with van der Waals surface area (Å²) in [5.41, 5.74) is 1.32. The summed E-state index contributed by atoms with van der Waals surface area (Å²) in [6, 6.07) is 1.52. The fraction of sp³-hybridized carbons (Fsp3) is 0.300. The van der Waals surface area contributed by atoms with E-state index in [1.165, 1.54) is 6.07 Å². The highest BCUT2D eigenvalue weighted by atomic mass is 16.5. The van der Waals surface area contributed by atoms with E-state index < -0.39 is 5.97 Å². The number of nitrogens with zero attached hydrogens (tertiary/aromatic N) is 2. The van der Waals surface area contributed by atoms with Crippen molar-refractivity contribution in [2.45, 2.75) is 13.5 Å². The standard InChI is InChI=1S/C10H11N3O3/c1-5-11-8(4-16-2)6-3-7(10(14)15)13-9(6)12-5/h3H,4H2,1-2H3,(H,14,15)(H,11,12,13). The molecule has 0 saturated heterocycles. The average molecular weight is 221 g/mol. The highest BCUT2D eigenvalue weighted by Crippen LogP contribution is 2.17. The number of carbonyl (C=O) groups is 1. The molecule has 84 valence electrons. The van der Waals surface area contributed by atoms with E-state index in [1.807, 2.05) is 0 Å². The molecule has 2 N–H and O–H groups in total. The van der Waals surface area contributed by atoms with Crippen molar-refractivity contribution in [2.75, 3.05) is 7.11 Å². The predicted molar refractivity (Wildman–Crippen MR) is 56.3 cm³/mol. The molecule has 6 nitrogen and oxygen atoms in total. The van der Waals surface area contributed by atoms with Gasteiger partial charge in [-0.25, -0.2) is 14.8 Å². The maximum Gasteiger partial charge on any atom is 0.352 e. The lowest BCUT2D eigenvalue weighted by molar-refractivity contribution is 0.0691. The lowest BCUT2D eigenvalue weighted by Gasteiger charge is -2.01. The molecule has 6 heteroatoms. The molecule has 0 aromatic carbocycles. The van der Waals surface area contributed by atoms with E-state index in [2.05, 4.69) is 15.0 Å². The van der Waals surface area contributed by atoms with Crippen molar-refractivity contribution in [3.8, 4) is 0 Å². The predicted octanol–water partition coefficient (Wildman–Crippen LogP) is 1.11. The normalized spacial score (nSPS) is 10.9. The number of nitrogens with one attached hydrogen (secondary N) is 1. The number of ether oxygens (including phenoxy) is 1. The molecule has 0 aliphatic carbocycles. The Morgan fingerprint density at radius 1 is 1.56 bits per heavy atom. The Hall–Kier alpha value is -1.95. The molecular formula is C10H11N3O3. The van der Waals surface area contributed by atoms with Crippen molar-refractivity contribution in [2.24, 2.45) is 0 Å². The van der Waals surface area contributed by atoms with Crippen molar-refractivity contribution in [1.82, 2.24) is 15.0 Å². The summed E-state index contributed by atoms with van der Waals surface area (Å²) in [7, 11) is 1.56. The molecule has 0 aliphatic heterocycles. The maximum atomic E-state index is 10.8. The number of carboxylic acid groups (broad SMARTS) is 1. The van der Waals surface area contributed by atoms with Gasteiger partial charge in [0.25, 0.3) is 0 Å².